The van der Waals surface area contributed by atoms with Crippen LogP contribution in [0, 0.1) is 0 Å². The number of nitrogens with zero attached hydrogens (tertiary/aromatic N) is 1. The van der Waals surface area contributed by atoms with Gasteiger partial charge in [-0.1, -0.05) is 12.1 Å². The molecule has 4 nitrogen and oxygen atoms in total. The first-order chi connectivity index (χ1) is 9.55. The van der Waals surface area contributed by atoms with Crippen LogP contribution >= 0.6 is 0 Å². The number of fused-ring (bicyclic) bond motifs is 1. The van der Waals surface area contributed by atoms with Gasteiger partial charge in [0.1, 0.15) is 0 Å². The monoisotopic (exact) mass is 278 g/mol. The van der Waals surface area contributed by atoms with Gasteiger partial charge in [-0.05, 0) is 39.8 Å². The highest BCUT2D eigenvalue weighted by Gasteiger charge is 2.30. The van der Waals surface area contributed by atoms with Gasteiger partial charge in [0.05, 0.1) is 17.9 Å². The molecule has 1 heterocycles. The molecular weight excluding hydrogens is 252 g/mol. The summed E-state index contributed by atoms with van der Waals surface area (Å²) in [6.45, 7) is 11.5. The molecule has 0 atom stereocenters. The van der Waals surface area contributed by atoms with Crippen LogP contribution in [-0.2, 0) is 9.47 Å². The fourth-order valence-electron chi connectivity index (χ4n) is 2.69. The zero-order valence-electron chi connectivity index (χ0n) is 13.0. The number of hydrogen-bond donors (Lipinski definition) is 1. The molecule has 2 rings (SSSR count). The van der Waals surface area contributed by atoms with E-state index in [0.717, 1.165) is 13.1 Å². The highest BCUT2D eigenvalue weighted by molar-refractivity contribution is 5.73. The van der Waals surface area contributed by atoms with Gasteiger partial charge >= 0.3 is 0 Å². The van der Waals surface area contributed by atoms with Gasteiger partial charge in [-0.3, -0.25) is 0 Å². The van der Waals surface area contributed by atoms with Crippen molar-refractivity contribution in [1.82, 2.24) is 0 Å². The van der Waals surface area contributed by atoms with Gasteiger partial charge in [-0.2, -0.15) is 0 Å². The Morgan fingerprint density at radius 2 is 1.85 bits per heavy atom. The topological polar surface area (TPSA) is 33.7 Å². The third-order valence-corrected chi connectivity index (χ3v) is 3.38. The molecule has 0 saturated carbocycles. The smallest absolute Gasteiger partial charge is 0.174 e. The Morgan fingerprint density at radius 3 is 2.50 bits per heavy atom. The summed E-state index contributed by atoms with van der Waals surface area (Å²) < 4.78 is 11.4. The number of benzene rings is 1. The minimum absolute atomic E-state index is 0.0390. The fraction of sp³-hybridized carbons (Fsp3) is 0.625. The van der Waals surface area contributed by atoms with Crippen molar-refractivity contribution in [3.63, 3.8) is 0 Å². The lowest BCUT2D eigenvalue weighted by atomic mass is 9.99. The number of rotatable bonds is 6. The van der Waals surface area contributed by atoms with Crippen molar-refractivity contribution >= 4 is 11.4 Å². The van der Waals surface area contributed by atoms with Gasteiger partial charge in [0.15, 0.2) is 6.29 Å². The highest BCUT2D eigenvalue weighted by Crippen LogP contribution is 2.34. The second kappa shape index (κ2) is 6.46. The zero-order chi connectivity index (χ0) is 14.6. The number of para-hydroxylation sites is 2. The molecule has 4 heteroatoms. The van der Waals surface area contributed by atoms with Gasteiger partial charge in [-0.15, -0.1) is 0 Å². The van der Waals surface area contributed by atoms with Gasteiger partial charge in [0.25, 0.3) is 0 Å². The molecule has 0 saturated heterocycles. The van der Waals surface area contributed by atoms with Crippen LogP contribution in [0.5, 0.6) is 0 Å². The lowest BCUT2D eigenvalue weighted by Crippen LogP contribution is -2.51. The van der Waals surface area contributed by atoms with E-state index >= 15 is 0 Å². The molecule has 0 bridgehead atoms. The third-order valence-electron chi connectivity index (χ3n) is 3.38. The summed E-state index contributed by atoms with van der Waals surface area (Å²) in [5.41, 5.74) is 2.43. The largest absolute Gasteiger partial charge is 0.377 e. The molecule has 1 aliphatic heterocycles. The Hall–Kier alpha value is -1.26. The van der Waals surface area contributed by atoms with Crippen LogP contribution in [0.25, 0.3) is 0 Å². The van der Waals surface area contributed by atoms with Crippen LogP contribution in [0.4, 0.5) is 11.4 Å². The number of anilines is 2. The van der Waals surface area contributed by atoms with E-state index in [1.165, 1.54) is 11.4 Å². The van der Waals surface area contributed by atoms with Crippen LogP contribution in [0.15, 0.2) is 24.3 Å². The first-order valence-corrected chi connectivity index (χ1v) is 7.41. The lowest BCUT2D eigenvalue weighted by molar-refractivity contribution is -0.129. The van der Waals surface area contributed by atoms with E-state index in [1.807, 2.05) is 13.8 Å². The Kier molecular flexibility index (Phi) is 4.89. The minimum Gasteiger partial charge on any atom is -0.377 e. The summed E-state index contributed by atoms with van der Waals surface area (Å²) in [5.74, 6) is 0. The van der Waals surface area contributed by atoms with Gasteiger partial charge in [0.2, 0.25) is 0 Å². The van der Waals surface area contributed by atoms with E-state index in [2.05, 4.69) is 48.3 Å². The molecule has 0 aromatic heterocycles. The lowest BCUT2D eigenvalue weighted by Gasteiger charge is -2.43. The molecule has 1 aliphatic rings. The predicted octanol–water partition coefficient (Wildman–Crippen LogP) is 3.10. The maximum Gasteiger partial charge on any atom is 0.174 e. The van der Waals surface area contributed by atoms with Crippen LogP contribution in [-0.4, -0.2) is 38.1 Å². The summed E-state index contributed by atoms with van der Waals surface area (Å²) in [7, 11) is 0. The molecule has 0 fully saturated rings. The summed E-state index contributed by atoms with van der Waals surface area (Å²) in [4.78, 5) is 2.35. The quantitative estimate of drug-likeness (QED) is 0.811. The SMILES string of the molecule is CCOC(CN1CC(C)(C)Nc2ccccc21)OCC. The maximum atomic E-state index is 5.68. The average Bonchev–Trinajstić information content (AvgIpc) is 2.38. The molecule has 1 N–H and O–H groups in total. The minimum atomic E-state index is -0.174. The molecule has 0 radical (unpaired) electrons. The third kappa shape index (κ3) is 3.64. The molecule has 0 amide bonds. The summed E-state index contributed by atoms with van der Waals surface area (Å²) in [5, 5.41) is 3.58. The summed E-state index contributed by atoms with van der Waals surface area (Å²) >= 11 is 0. The van der Waals surface area contributed by atoms with E-state index in [9.17, 15) is 0 Å². The fourth-order valence-corrected chi connectivity index (χ4v) is 2.69. The Balaban J connectivity index is 2.17. The molecule has 0 spiro atoms. The van der Waals surface area contributed by atoms with Crippen molar-refractivity contribution in [2.24, 2.45) is 0 Å². The van der Waals surface area contributed by atoms with E-state index < -0.39 is 0 Å². The molecule has 1 aromatic rings. The maximum absolute atomic E-state index is 5.68. The molecule has 0 aliphatic carbocycles. The number of nitrogens with one attached hydrogen (secondary N) is 1. The van der Waals surface area contributed by atoms with E-state index in [-0.39, 0.29) is 11.8 Å². The van der Waals surface area contributed by atoms with Gasteiger partial charge < -0.3 is 19.7 Å². The second-order valence-corrected chi connectivity index (χ2v) is 5.75. The summed E-state index contributed by atoms with van der Waals surface area (Å²) in [6.07, 6.45) is -0.174. The van der Waals surface area contributed by atoms with E-state index in [4.69, 9.17) is 9.47 Å². The van der Waals surface area contributed by atoms with Crippen molar-refractivity contribution in [2.45, 2.75) is 39.5 Å². The van der Waals surface area contributed by atoms with Crippen molar-refractivity contribution in [1.29, 1.82) is 0 Å². The van der Waals surface area contributed by atoms with Crippen LogP contribution in [0.2, 0.25) is 0 Å². The first kappa shape index (κ1) is 15.1. The molecule has 1 aromatic carbocycles. The van der Waals surface area contributed by atoms with Crippen molar-refractivity contribution in [3.05, 3.63) is 24.3 Å². The average molecular weight is 278 g/mol. The second-order valence-electron chi connectivity index (χ2n) is 5.75. The van der Waals surface area contributed by atoms with Gasteiger partial charge in [-0.25, -0.2) is 0 Å². The molecule has 112 valence electrons. The Labute approximate surface area is 122 Å². The van der Waals surface area contributed by atoms with E-state index in [1.54, 1.807) is 0 Å². The van der Waals surface area contributed by atoms with Crippen LogP contribution in [0.3, 0.4) is 0 Å². The molecular formula is C16H26N2O2. The predicted molar refractivity (Wildman–Crippen MR) is 83.4 cm³/mol. The van der Waals surface area contributed by atoms with Crippen LogP contribution in [0.1, 0.15) is 27.7 Å². The summed E-state index contributed by atoms with van der Waals surface area (Å²) in [6, 6.07) is 8.41. The van der Waals surface area contributed by atoms with E-state index in [0.29, 0.717) is 13.2 Å². The number of ether oxygens (including phenoxy) is 2. The van der Waals surface area contributed by atoms with Crippen molar-refractivity contribution in [3.8, 4) is 0 Å². The molecule has 0 unspecified atom stereocenters. The first-order valence-electron chi connectivity index (χ1n) is 7.41. The zero-order valence-corrected chi connectivity index (χ0v) is 13.0. The Bertz CT molecular complexity index is 428. The molecule has 20 heavy (non-hydrogen) atoms. The van der Waals surface area contributed by atoms with Gasteiger partial charge in [0, 0.05) is 25.3 Å². The Morgan fingerprint density at radius 1 is 1.20 bits per heavy atom. The highest BCUT2D eigenvalue weighted by atomic mass is 16.7. The van der Waals surface area contributed by atoms with Crippen molar-refractivity contribution < 1.29 is 9.47 Å². The van der Waals surface area contributed by atoms with Crippen LogP contribution < -0.4 is 10.2 Å². The standard InChI is InChI=1S/C16H26N2O2/c1-5-19-15(20-6-2)11-18-12-16(3,4)17-13-9-7-8-10-14(13)18/h7-10,15,17H,5-6,11-12H2,1-4H3. The number of hydrogen-bond acceptors (Lipinski definition) is 4. The van der Waals surface area contributed by atoms with Crippen molar-refractivity contribution in [2.75, 3.05) is 36.5 Å². The normalized spacial score (nSPS) is 16.9.